The molecule has 15 nitrogen and oxygen atoms in total. The van der Waals surface area contributed by atoms with E-state index in [1.807, 2.05) is 35.4 Å². The summed E-state index contributed by atoms with van der Waals surface area (Å²) in [4.78, 5) is 75.7. The van der Waals surface area contributed by atoms with Crippen LogP contribution in [0.25, 0.3) is 4.85 Å². The highest BCUT2D eigenvalue weighted by Gasteiger charge is 2.41. The summed E-state index contributed by atoms with van der Waals surface area (Å²) in [7, 11) is 0. The van der Waals surface area contributed by atoms with E-state index >= 15 is 0 Å². The number of hydrogen-bond acceptors (Lipinski definition) is 11. The molecule has 0 radical (unpaired) electrons. The molecule has 5 saturated heterocycles. The molecule has 8 heterocycles. The summed E-state index contributed by atoms with van der Waals surface area (Å²) in [5, 5.41) is 5.28. The molecular formula is C45H52F3N11O4. The van der Waals surface area contributed by atoms with Gasteiger partial charge in [-0.2, -0.15) is 13.2 Å². The van der Waals surface area contributed by atoms with Crippen LogP contribution in [-0.2, 0) is 27.1 Å². The Labute approximate surface area is 364 Å². The summed E-state index contributed by atoms with van der Waals surface area (Å²) in [5.74, 6) is 0.685. The minimum Gasteiger partial charge on any atom is -0.372 e. The first-order valence-electron chi connectivity index (χ1n) is 22.1. The summed E-state index contributed by atoms with van der Waals surface area (Å²) >= 11 is 0. The molecule has 2 aromatic heterocycles. The van der Waals surface area contributed by atoms with Gasteiger partial charge < -0.3 is 29.8 Å². The van der Waals surface area contributed by atoms with Crippen molar-refractivity contribution < 1.29 is 32.3 Å². The minimum absolute atomic E-state index is 0.140. The van der Waals surface area contributed by atoms with Crippen LogP contribution in [0.3, 0.4) is 0 Å². The molecule has 9 rings (SSSR count). The van der Waals surface area contributed by atoms with Crippen molar-refractivity contribution in [3.63, 3.8) is 0 Å². The quantitative estimate of drug-likeness (QED) is 0.215. The number of fused-ring (bicyclic) bond motifs is 1. The van der Waals surface area contributed by atoms with Gasteiger partial charge in [-0.05, 0) is 87.4 Å². The second-order valence-corrected chi connectivity index (χ2v) is 17.7. The van der Waals surface area contributed by atoms with Crippen molar-refractivity contribution in [2.24, 2.45) is 11.8 Å². The van der Waals surface area contributed by atoms with Crippen LogP contribution in [0.4, 0.5) is 41.9 Å². The van der Waals surface area contributed by atoms with E-state index in [1.54, 1.807) is 4.90 Å². The Kier molecular flexibility index (Phi) is 12.0. The Morgan fingerprint density at radius 3 is 2.25 bits per heavy atom. The van der Waals surface area contributed by atoms with E-state index in [9.17, 15) is 32.3 Å². The third-order valence-electron chi connectivity index (χ3n) is 13.9. The fourth-order valence-corrected chi connectivity index (χ4v) is 9.99. The van der Waals surface area contributed by atoms with Crippen LogP contribution in [0.15, 0.2) is 48.7 Å². The van der Waals surface area contributed by atoms with Gasteiger partial charge in [0.25, 0.3) is 5.91 Å². The second kappa shape index (κ2) is 17.8. The van der Waals surface area contributed by atoms with Gasteiger partial charge in [-0.25, -0.2) is 14.8 Å². The Balaban J connectivity index is 0.656. The predicted molar refractivity (Wildman–Crippen MR) is 229 cm³/mol. The first-order chi connectivity index (χ1) is 30.4. The van der Waals surface area contributed by atoms with Gasteiger partial charge >= 0.3 is 6.18 Å². The zero-order chi connectivity index (χ0) is 43.8. The lowest BCUT2D eigenvalue weighted by molar-refractivity contribution is -0.138. The molecule has 0 bridgehead atoms. The second-order valence-electron chi connectivity index (χ2n) is 17.7. The van der Waals surface area contributed by atoms with Crippen molar-refractivity contribution in [1.82, 2.24) is 30.0 Å². The lowest BCUT2D eigenvalue weighted by Crippen LogP contribution is -2.63. The average Bonchev–Trinajstić information content (AvgIpc) is 3.60. The number of benzene rings is 1. The number of nitrogens with zero attached hydrogens (tertiary/aromatic N) is 9. The number of alkyl halides is 3. The van der Waals surface area contributed by atoms with E-state index in [-0.39, 0.29) is 36.6 Å². The first-order valence-corrected chi connectivity index (χ1v) is 22.1. The van der Waals surface area contributed by atoms with Crippen LogP contribution >= 0.6 is 0 Å². The number of amides is 4. The number of aromatic nitrogens is 2. The molecule has 5 fully saturated rings. The maximum absolute atomic E-state index is 13.5. The van der Waals surface area contributed by atoms with Gasteiger partial charge in [-0.3, -0.25) is 29.4 Å². The number of halogens is 3. The lowest BCUT2D eigenvalue weighted by atomic mass is 9.93. The smallest absolute Gasteiger partial charge is 0.372 e. The molecule has 18 heteroatoms. The lowest BCUT2D eigenvalue weighted by Gasteiger charge is -2.48. The SMILES string of the molecule is [C-]#[N+]c1ccc(N2CCC(C(=O)Nc3ccc(N4CCC(CCN5CCN(C6CN(c7ccc8c(n7)CN(C7CCC(=O)NC7=O)C8=O)C6)CC5)CC4)cn3)CC2)cc1C(F)(F)F. The van der Waals surface area contributed by atoms with E-state index in [1.165, 1.54) is 18.6 Å². The minimum atomic E-state index is -4.61. The summed E-state index contributed by atoms with van der Waals surface area (Å²) in [6.45, 7) is 17.2. The van der Waals surface area contributed by atoms with Crippen molar-refractivity contribution in [2.75, 3.05) is 92.0 Å². The fourth-order valence-electron chi connectivity index (χ4n) is 9.99. The Morgan fingerprint density at radius 2 is 1.57 bits per heavy atom. The molecule has 0 saturated carbocycles. The van der Waals surface area contributed by atoms with Crippen LogP contribution in [0.1, 0.15) is 66.6 Å². The van der Waals surface area contributed by atoms with Gasteiger partial charge in [0.1, 0.15) is 17.7 Å². The third kappa shape index (κ3) is 9.17. The fraction of sp³-hybridized carbons (Fsp3) is 0.533. The molecule has 1 aromatic carbocycles. The number of carbonyl (C=O) groups excluding carboxylic acids is 4. The van der Waals surface area contributed by atoms with Crippen molar-refractivity contribution >= 4 is 52.3 Å². The van der Waals surface area contributed by atoms with E-state index in [0.717, 1.165) is 89.3 Å². The Morgan fingerprint density at radius 1 is 0.857 bits per heavy atom. The molecule has 4 amide bonds. The topological polar surface area (TPSA) is 142 Å². The van der Waals surface area contributed by atoms with Crippen molar-refractivity contribution in [1.29, 1.82) is 0 Å². The van der Waals surface area contributed by atoms with Crippen molar-refractivity contribution in [3.8, 4) is 0 Å². The van der Waals surface area contributed by atoms with Crippen LogP contribution < -0.4 is 25.3 Å². The zero-order valence-electron chi connectivity index (χ0n) is 35.2. The molecule has 6 aliphatic rings. The van der Waals surface area contributed by atoms with Gasteiger partial charge in [-0.1, -0.05) is 6.07 Å². The highest BCUT2D eigenvalue weighted by atomic mass is 19.4. The summed E-state index contributed by atoms with van der Waals surface area (Å²) in [6.07, 6.45) is 2.19. The molecule has 6 aliphatic heterocycles. The summed E-state index contributed by atoms with van der Waals surface area (Å²) in [6, 6.07) is 11.2. The van der Waals surface area contributed by atoms with Gasteiger partial charge in [-0.15, -0.1) is 0 Å². The van der Waals surface area contributed by atoms with Crippen LogP contribution in [0.2, 0.25) is 0 Å². The monoisotopic (exact) mass is 867 g/mol. The van der Waals surface area contributed by atoms with Crippen molar-refractivity contribution in [3.05, 3.63) is 76.9 Å². The zero-order valence-corrected chi connectivity index (χ0v) is 35.2. The average molecular weight is 868 g/mol. The largest absolute Gasteiger partial charge is 0.407 e. The number of piperidine rings is 3. The van der Waals surface area contributed by atoms with Crippen molar-refractivity contribution in [2.45, 2.75) is 69.8 Å². The molecule has 2 N–H and O–H groups in total. The van der Waals surface area contributed by atoms with Gasteiger partial charge in [0.05, 0.1) is 41.8 Å². The predicted octanol–water partition coefficient (Wildman–Crippen LogP) is 4.78. The molecule has 0 spiro atoms. The van der Waals surface area contributed by atoms with Crippen LogP contribution in [0, 0.1) is 18.4 Å². The van der Waals surface area contributed by atoms with Gasteiger partial charge in [0, 0.05) is 89.5 Å². The number of imide groups is 1. The molecule has 63 heavy (non-hydrogen) atoms. The number of piperazine rings is 1. The van der Waals surface area contributed by atoms with E-state index < -0.39 is 29.4 Å². The maximum atomic E-state index is 13.5. The number of hydrogen-bond donors (Lipinski definition) is 2. The number of nitrogens with one attached hydrogen (secondary N) is 2. The van der Waals surface area contributed by atoms with E-state index in [0.29, 0.717) is 67.1 Å². The molecule has 332 valence electrons. The van der Waals surface area contributed by atoms with Crippen LogP contribution in [0.5, 0.6) is 0 Å². The van der Waals surface area contributed by atoms with E-state index in [4.69, 9.17) is 11.6 Å². The number of pyridine rings is 2. The van der Waals surface area contributed by atoms with Crippen LogP contribution in [-0.4, -0.2) is 132 Å². The summed E-state index contributed by atoms with van der Waals surface area (Å²) in [5.41, 5.74) is 1.31. The maximum Gasteiger partial charge on any atom is 0.407 e. The Hall–Kier alpha value is -5.80. The normalized spacial score (nSPS) is 22.2. The molecular weight excluding hydrogens is 816 g/mol. The number of rotatable bonds is 10. The number of anilines is 4. The van der Waals surface area contributed by atoms with Gasteiger partial charge in [0.15, 0.2) is 5.69 Å². The molecule has 1 unspecified atom stereocenters. The third-order valence-corrected chi connectivity index (χ3v) is 13.9. The van der Waals surface area contributed by atoms with E-state index in [2.05, 4.69) is 40.1 Å². The highest BCUT2D eigenvalue weighted by Crippen LogP contribution is 2.39. The standard InChI is InChI=1S/C45H52F3N11O4/c1-49-36-5-2-31(24-35(36)45(46,47)48)55-18-13-30(14-19-55)42(61)52-39-7-3-32(25-50-39)56-16-11-29(12-17-56)10-15-54-20-22-57(23-21-54)33-26-58(27-33)40-8-4-34-37(51-40)28-59(44(34)63)38-6-9-41(60)53-43(38)62/h2-5,7-8,24-25,29-30,33,38H,6,9-23,26-28H2,(H,50,52,61)(H,53,60,62). The first kappa shape index (κ1) is 42.5. The highest BCUT2D eigenvalue weighted by molar-refractivity contribution is 6.05. The summed E-state index contributed by atoms with van der Waals surface area (Å²) < 4.78 is 40.5. The van der Waals surface area contributed by atoms with Gasteiger partial charge in [0.2, 0.25) is 17.7 Å². The molecule has 1 atom stereocenters. The molecule has 0 aliphatic carbocycles. The molecule has 3 aromatic rings. The number of carbonyl (C=O) groups is 4. The Bertz CT molecular complexity index is 2260.